The number of carbonyl (C=O) groups excluding carboxylic acids is 2. The first-order chi connectivity index (χ1) is 14.6. The van der Waals surface area contributed by atoms with Crippen LogP contribution in [0.4, 0.5) is 10.5 Å². The zero-order chi connectivity index (χ0) is 20.9. The number of carbonyl (C=O) groups is 2. The summed E-state index contributed by atoms with van der Waals surface area (Å²) in [5.74, 6) is 0.982. The van der Waals surface area contributed by atoms with Crippen molar-refractivity contribution in [1.82, 2.24) is 15.1 Å². The van der Waals surface area contributed by atoms with Crippen LogP contribution in [0.3, 0.4) is 0 Å². The van der Waals surface area contributed by atoms with Gasteiger partial charge in [-0.1, -0.05) is 25.1 Å². The largest absolute Gasteiger partial charge is 0.469 e. The van der Waals surface area contributed by atoms with Crippen LogP contribution in [0.25, 0.3) is 0 Å². The average Bonchev–Trinajstić information content (AvgIpc) is 3.24. The maximum absolute atomic E-state index is 12.7. The molecule has 4 rings (SSSR count). The Labute approximate surface area is 177 Å². The number of hydrogen-bond donors (Lipinski definition) is 2. The molecule has 3 amide bonds. The van der Waals surface area contributed by atoms with E-state index in [-0.39, 0.29) is 18.0 Å². The number of urea groups is 1. The second-order valence-electron chi connectivity index (χ2n) is 8.02. The van der Waals surface area contributed by atoms with Crippen LogP contribution in [-0.4, -0.2) is 54.5 Å². The van der Waals surface area contributed by atoms with Crippen LogP contribution in [0, 0.1) is 0 Å². The molecule has 7 heteroatoms. The fraction of sp³-hybridized carbons (Fsp3) is 0.478. The Morgan fingerprint density at radius 2 is 1.93 bits per heavy atom. The highest BCUT2D eigenvalue weighted by atomic mass is 16.3. The lowest BCUT2D eigenvalue weighted by Crippen LogP contribution is -2.53. The predicted octanol–water partition coefficient (Wildman–Crippen LogP) is 3.19. The molecular weight excluding hydrogens is 380 g/mol. The molecule has 30 heavy (non-hydrogen) atoms. The molecule has 0 saturated carbocycles. The number of para-hydroxylation sites is 1. The molecule has 1 unspecified atom stereocenters. The minimum absolute atomic E-state index is 0.0107. The van der Waals surface area contributed by atoms with Crippen molar-refractivity contribution in [1.29, 1.82) is 0 Å². The lowest BCUT2D eigenvalue weighted by molar-refractivity contribution is -0.117. The molecule has 1 aromatic carbocycles. The first-order valence-corrected chi connectivity index (χ1v) is 10.9. The zero-order valence-corrected chi connectivity index (χ0v) is 17.5. The third-order valence-electron chi connectivity index (χ3n) is 6.05. The van der Waals surface area contributed by atoms with Crippen molar-refractivity contribution in [3.05, 3.63) is 53.5 Å². The number of aryl methyl sites for hydroxylation is 2. The Kier molecular flexibility index (Phi) is 6.38. The summed E-state index contributed by atoms with van der Waals surface area (Å²) in [5, 5.41) is 6.18. The van der Waals surface area contributed by atoms with Gasteiger partial charge in [0.1, 0.15) is 5.76 Å². The quantitative estimate of drug-likeness (QED) is 0.794. The molecular formula is C23H30N4O3. The van der Waals surface area contributed by atoms with Gasteiger partial charge >= 0.3 is 6.03 Å². The average molecular weight is 411 g/mol. The van der Waals surface area contributed by atoms with E-state index < -0.39 is 0 Å². The van der Waals surface area contributed by atoms with Gasteiger partial charge in [0.05, 0.1) is 18.8 Å². The van der Waals surface area contributed by atoms with Gasteiger partial charge in [-0.05, 0) is 37.0 Å². The molecule has 2 aliphatic rings. The number of rotatable bonds is 5. The summed E-state index contributed by atoms with van der Waals surface area (Å²) in [6.45, 7) is 5.05. The van der Waals surface area contributed by atoms with Gasteiger partial charge in [-0.25, -0.2) is 4.79 Å². The van der Waals surface area contributed by atoms with Gasteiger partial charge in [-0.3, -0.25) is 9.69 Å². The number of fused-ring (bicyclic) bond motifs is 1. The molecule has 0 bridgehead atoms. The summed E-state index contributed by atoms with van der Waals surface area (Å²) in [7, 11) is 0. The van der Waals surface area contributed by atoms with Crippen LogP contribution in [0.15, 0.2) is 41.0 Å². The second kappa shape index (κ2) is 9.34. The number of benzene rings is 1. The van der Waals surface area contributed by atoms with Crippen molar-refractivity contribution in [2.24, 2.45) is 0 Å². The van der Waals surface area contributed by atoms with Gasteiger partial charge < -0.3 is 20.0 Å². The smallest absolute Gasteiger partial charge is 0.317 e. The molecule has 1 atom stereocenters. The maximum Gasteiger partial charge on any atom is 0.317 e. The summed E-state index contributed by atoms with van der Waals surface area (Å²) in [6, 6.07) is 9.86. The number of piperazine rings is 1. The highest BCUT2D eigenvalue weighted by molar-refractivity contribution is 5.93. The highest BCUT2D eigenvalue weighted by Crippen LogP contribution is 2.30. The minimum atomic E-state index is -0.0324. The van der Waals surface area contributed by atoms with Crippen molar-refractivity contribution < 1.29 is 14.0 Å². The number of anilines is 1. The normalized spacial score (nSPS) is 19.2. The molecule has 0 spiro atoms. The van der Waals surface area contributed by atoms with E-state index in [1.165, 1.54) is 0 Å². The molecule has 1 aliphatic heterocycles. The van der Waals surface area contributed by atoms with Crippen molar-refractivity contribution in [2.75, 3.05) is 38.0 Å². The standard InChI is InChI=1S/C23H30N4O3/c1-2-17-6-3-4-7-19(17)24-22(28)16-26-11-13-27(14-12-26)23(29)25-20-8-5-9-21-18(20)10-15-30-21/h3-4,6-7,10,15,20H,2,5,8-9,11-14,16H2,1H3,(H,24,28)(H,25,29). The Hall–Kier alpha value is -2.80. The Morgan fingerprint density at radius 1 is 1.13 bits per heavy atom. The molecule has 160 valence electrons. The van der Waals surface area contributed by atoms with Crippen LogP contribution in [0.1, 0.15) is 42.7 Å². The van der Waals surface area contributed by atoms with Crippen molar-refractivity contribution in [3.63, 3.8) is 0 Å². The zero-order valence-electron chi connectivity index (χ0n) is 17.5. The maximum atomic E-state index is 12.7. The Balaban J connectivity index is 1.24. The van der Waals surface area contributed by atoms with Crippen LogP contribution in [0.2, 0.25) is 0 Å². The topological polar surface area (TPSA) is 77.8 Å². The van der Waals surface area contributed by atoms with E-state index >= 15 is 0 Å². The molecule has 1 saturated heterocycles. The lowest BCUT2D eigenvalue weighted by Gasteiger charge is -2.35. The number of nitrogens with zero attached hydrogens (tertiary/aromatic N) is 2. The summed E-state index contributed by atoms with van der Waals surface area (Å²) in [5.41, 5.74) is 3.13. The fourth-order valence-corrected chi connectivity index (χ4v) is 4.33. The molecule has 7 nitrogen and oxygen atoms in total. The molecule has 2 N–H and O–H groups in total. The van der Waals surface area contributed by atoms with Gasteiger partial charge in [-0.2, -0.15) is 0 Å². The van der Waals surface area contributed by atoms with E-state index in [0.717, 1.165) is 48.3 Å². The van der Waals surface area contributed by atoms with E-state index in [0.29, 0.717) is 32.7 Å². The number of amides is 3. The van der Waals surface area contributed by atoms with Gasteiger partial charge in [0.2, 0.25) is 5.91 Å². The molecule has 2 heterocycles. The predicted molar refractivity (Wildman–Crippen MR) is 115 cm³/mol. The first-order valence-electron chi connectivity index (χ1n) is 10.9. The van der Waals surface area contributed by atoms with E-state index in [1.807, 2.05) is 35.2 Å². The Morgan fingerprint density at radius 3 is 2.73 bits per heavy atom. The molecule has 1 aromatic heterocycles. The summed E-state index contributed by atoms with van der Waals surface area (Å²) in [4.78, 5) is 29.1. The summed E-state index contributed by atoms with van der Waals surface area (Å²) in [6.07, 6.45) is 5.49. The van der Waals surface area contributed by atoms with Crippen LogP contribution >= 0.6 is 0 Å². The SMILES string of the molecule is CCc1ccccc1NC(=O)CN1CCN(C(=O)NC2CCCc3occc32)CC1. The highest BCUT2D eigenvalue weighted by Gasteiger charge is 2.28. The minimum Gasteiger partial charge on any atom is -0.469 e. The van der Waals surface area contributed by atoms with Gasteiger partial charge in [0.25, 0.3) is 0 Å². The van der Waals surface area contributed by atoms with Crippen molar-refractivity contribution in [2.45, 2.75) is 38.6 Å². The van der Waals surface area contributed by atoms with Crippen LogP contribution in [0.5, 0.6) is 0 Å². The molecule has 0 radical (unpaired) electrons. The summed E-state index contributed by atoms with van der Waals surface area (Å²) < 4.78 is 5.51. The number of hydrogen-bond acceptors (Lipinski definition) is 4. The second-order valence-corrected chi connectivity index (χ2v) is 8.02. The van der Waals surface area contributed by atoms with Crippen molar-refractivity contribution in [3.8, 4) is 0 Å². The molecule has 1 aliphatic carbocycles. The van der Waals surface area contributed by atoms with Crippen molar-refractivity contribution >= 4 is 17.6 Å². The van der Waals surface area contributed by atoms with Gasteiger partial charge in [0, 0.05) is 43.9 Å². The van der Waals surface area contributed by atoms with Crippen LogP contribution in [-0.2, 0) is 17.6 Å². The number of furan rings is 1. The third-order valence-corrected chi connectivity index (χ3v) is 6.05. The van der Waals surface area contributed by atoms with Crippen LogP contribution < -0.4 is 10.6 Å². The lowest BCUT2D eigenvalue weighted by atomic mass is 9.93. The van der Waals surface area contributed by atoms with E-state index in [9.17, 15) is 9.59 Å². The third kappa shape index (κ3) is 4.67. The molecule has 2 aromatic rings. The molecule has 1 fully saturated rings. The number of nitrogens with one attached hydrogen (secondary N) is 2. The Bertz CT molecular complexity index is 886. The van der Waals surface area contributed by atoms with Gasteiger partial charge in [0.15, 0.2) is 0 Å². The monoisotopic (exact) mass is 410 g/mol. The fourth-order valence-electron chi connectivity index (χ4n) is 4.33. The summed E-state index contributed by atoms with van der Waals surface area (Å²) >= 11 is 0. The van der Waals surface area contributed by atoms with E-state index in [4.69, 9.17) is 4.42 Å². The van der Waals surface area contributed by atoms with E-state index in [1.54, 1.807) is 6.26 Å². The van der Waals surface area contributed by atoms with Gasteiger partial charge in [-0.15, -0.1) is 0 Å². The van der Waals surface area contributed by atoms with E-state index in [2.05, 4.69) is 22.5 Å². The first kappa shape index (κ1) is 20.5.